The molecule has 0 saturated heterocycles. The number of nitrogens with one attached hydrogen (secondary N) is 1. The molecule has 0 unspecified atom stereocenters. The van der Waals surface area contributed by atoms with Crippen LogP contribution in [0.4, 0.5) is 0 Å². The number of hydrogen-bond donors (Lipinski definition) is 2. The van der Waals surface area contributed by atoms with Gasteiger partial charge in [-0.05, 0) is 24.0 Å². The topological polar surface area (TPSA) is 56.5 Å². The van der Waals surface area contributed by atoms with Crippen LogP contribution in [0, 0.1) is 0 Å². The van der Waals surface area contributed by atoms with Gasteiger partial charge in [-0.1, -0.05) is 0 Å². The highest BCUT2D eigenvalue weighted by Gasteiger charge is 2.15. The Balaban J connectivity index is 2.17. The second-order valence-electron chi connectivity index (χ2n) is 3.77. The summed E-state index contributed by atoms with van der Waals surface area (Å²) in [4.78, 5) is 1.22. The van der Waals surface area contributed by atoms with E-state index in [0.29, 0.717) is 19.8 Å². The minimum Gasteiger partial charge on any atom is -0.486 e. The lowest BCUT2D eigenvalue weighted by molar-refractivity contribution is 0.171. The fraction of sp³-hybridized carbons (Fsp3) is 0.500. The number of fused-ring (bicyclic) bond motifs is 1. The van der Waals surface area contributed by atoms with Crippen molar-refractivity contribution in [3.8, 4) is 11.5 Å². The van der Waals surface area contributed by atoms with Crippen molar-refractivity contribution in [1.29, 1.82) is 0 Å². The molecule has 1 aromatic rings. The second kappa shape index (κ2) is 6.14. The van der Waals surface area contributed by atoms with Crippen molar-refractivity contribution in [2.24, 2.45) is 5.73 Å². The van der Waals surface area contributed by atoms with Crippen molar-refractivity contribution in [2.75, 3.05) is 32.6 Å². The normalized spacial score (nSPS) is 13.8. The van der Waals surface area contributed by atoms with Gasteiger partial charge in [0.1, 0.15) is 13.2 Å². The average molecular weight is 254 g/mol. The molecule has 1 heterocycles. The van der Waals surface area contributed by atoms with Crippen molar-refractivity contribution < 1.29 is 9.47 Å². The molecule has 5 heteroatoms. The molecule has 0 radical (unpaired) electrons. The standard InChI is InChI=1S/C12H18N2O2S/c1-17-12-7-11-10(15-4-5-16-11)6-9(12)8-14-3-2-13/h6-7,14H,2-5,8,13H2,1H3. The van der Waals surface area contributed by atoms with Crippen LogP contribution in [0.2, 0.25) is 0 Å². The molecule has 3 N–H and O–H groups in total. The van der Waals surface area contributed by atoms with Gasteiger partial charge in [0.15, 0.2) is 11.5 Å². The zero-order valence-electron chi connectivity index (χ0n) is 9.99. The zero-order chi connectivity index (χ0) is 12.1. The molecule has 1 aliphatic heterocycles. The first-order chi connectivity index (χ1) is 8.35. The molecule has 0 amide bonds. The van der Waals surface area contributed by atoms with Gasteiger partial charge in [0.25, 0.3) is 0 Å². The van der Waals surface area contributed by atoms with Crippen LogP contribution in [0.15, 0.2) is 17.0 Å². The summed E-state index contributed by atoms with van der Waals surface area (Å²) in [5, 5.41) is 3.30. The van der Waals surface area contributed by atoms with Crippen molar-refractivity contribution in [1.82, 2.24) is 5.32 Å². The Morgan fingerprint density at radius 2 is 2.00 bits per heavy atom. The zero-order valence-corrected chi connectivity index (χ0v) is 10.8. The van der Waals surface area contributed by atoms with Crippen LogP contribution < -0.4 is 20.5 Å². The maximum Gasteiger partial charge on any atom is 0.162 e. The first kappa shape index (κ1) is 12.5. The molecular weight excluding hydrogens is 236 g/mol. The fourth-order valence-corrected chi connectivity index (χ4v) is 2.38. The van der Waals surface area contributed by atoms with E-state index in [1.54, 1.807) is 11.8 Å². The maximum absolute atomic E-state index is 5.58. The summed E-state index contributed by atoms with van der Waals surface area (Å²) >= 11 is 1.72. The molecule has 0 spiro atoms. The third-order valence-corrected chi connectivity index (χ3v) is 3.40. The van der Waals surface area contributed by atoms with Gasteiger partial charge in [0.05, 0.1) is 0 Å². The predicted octanol–water partition coefficient (Wildman–Crippen LogP) is 1.23. The summed E-state index contributed by atoms with van der Waals surface area (Å²) in [5.74, 6) is 1.70. The summed E-state index contributed by atoms with van der Waals surface area (Å²) in [6.07, 6.45) is 2.07. The summed E-state index contributed by atoms with van der Waals surface area (Å²) in [6, 6.07) is 4.11. The Morgan fingerprint density at radius 1 is 1.29 bits per heavy atom. The van der Waals surface area contributed by atoms with Gasteiger partial charge in [-0.15, -0.1) is 11.8 Å². The summed E-state index contributed by atoms with van der Waals surface area (Å²) < 4.78 is 11.2. The summed E-state index contributed by atoms with van der Waals surface area (Å²) in [7, 11) is 0. The number of nitrogens with two attached hydrogens (primary N) is 1. The minimum absolute atomic E-state index is 0.626. The van der Waals surface area contributed by atoms with Gasteiger partial charge in [-0.3, -0.25) is 0 Å². The fourth-order valence-electron chi connectivity index (χ4n) is 1.77. The third kappa shape index (κ3) is 3.06. The minimum atomic E-state index is 0.626. The van der Waals surface area contributed by atoms with Crippen molar-refractivity contribution in [3.05, 3.63) is 17.7 Å². The molecule has 0 bridgehead atoms. The van der Waals surface area contributed by atoms with Crippen LogP contribution in [0.5, 0.6) is 11.5 Å². The highest BCUT2D eigenvalue weighted by molar-refractivity contribution is 7.98. The highest BCUT2D eigenvalue weighted by Crippen LogP contribution is 2.36. The van der Waals surface area contributed by atoms with E-state index in [4.69, 9.17) is 15.2 Å². The number of ether oxygens (including phenoxy) is 2. The Bertz CT molecular complexity index is 385. The van der Waals surface area contributed by atoms with Crippen molar-refractivity contribution in [2.45, 2.75) is 11.4 Å². The van der Waals surface area contributed by atoms with E-state index < -0.39 is 0 Å². The Hall–Kier alpha value is -0.910. The molecule has 0 aromatic heterocycles. The quantitative estimate of drug-likeness (QED) is 0.611. The molecule has 94 valence electrons. The average Bonchev–Trinajstić information content (AvgIpc) is 2.38. The van der Waals surface area contributed by atoms with Gasteiger partial charge in [-0.25, -0.2) is 0 Å². The van der Waals surface area contributed by atoms with E-state index in [1.807, 2.05) is 0 Å². The number of thioether (sulfide) groups is 1. The largest absolute Gasteiger partial charge is 0.486 e. The van der Waals surface area contributed by atoms with E-state index in [2.05, 4.69) is 23.7 Å². The molecule has 0 saturated carbocycles. The second-order valence-corrected chi connectivity index (χ2v) is 4.62. The van der Waals surface area contributed by atoms with Crippen LogP contribution >= 0.6 is 11.8 Å². The number of hydrogen-bond acceptors (Lipinski definition) is 5. The molecule has 1 aliphatic rings. The molecule has 17 heavy (non-hydrogen) atoms. The number of benzene rings is 1. The van der Waals surface area contributed by atoms with E-state index in [0.717, 1.165) is 24.6 Å². The predicted molar refractivity (Wildman–Crippen MR) is 70.0 cm³/mol. The molecule has 0 aliphatic carbocycles. The Kier molecular flexibility index (Phi) is 4.53. The van der Waals surface area contributed by atoms with Crippen LogP contribution in [-0.2, 0) is 6.54 Å². The molecule has 2 rings (SSSR count). The van der Waals surface area contributed by atoms with Crippen LogP contribution in [0.1, 0.15) is 5.56 Å². The number of rotatable bonds is 5. The summed E-state index contributed by atoms with van der Waals surface area (Å²) in [5.41, 5.74) is 6.69. The highest BCUT2D eigenvalue weighted by atomic mass is 32.2. The van der Waals surface area contributed by atoms with Crippen LogP contribution in [0.3, 0.4) is 0 Å². The lowest BCUT2D eigenvalue weighted by atomic mass is 10.2. The first-order valence-corrected chi connectivity index (χ1v) is 6.95. The lowest BCUT2D eigenvalue weighted by Gasteiger charge is -2.20. The van der Waals surface area contributed by atoms with Crippen molar-refractivity contribution >= 4 is 11.8 Å². The van der Waals surface area contributed by atoms with E-state index in [9.17, 15) is 0 Å². The van der Waals surface area contributed by atoms with E-state index in [1.165, 1.54) is 10.5 Å². The molecule has 4 nitrogen and oxygen atoms in total. The molecule has 0 atom stereocenters. The molecule has 0 fully saturated rings. The molecular formula is C12H18N2O2S. The third-order valence-electron chi connectivity index (χ3n) is 2.58. The van der Waals surface area contributed by atoms with E-state index in [-0.39, 0.29) is 0 Å². The monoisotopic (exact) mass is 254 g/mol. The SMILES string of the molecule is CSc1cc2c(cc1CNCCN)OCCO2. The van der Waals surface area contributed by atoms with Gasteiger partial charge in [-0.2, -0.15) is 0 Å². The smallest absolute Gasteiger partial charge is 0.162 e. The van der Waals surface area contributed by atoms with E-state index >= 15 is 0 Å². The summed E-state index contributed by atoms with van der Waals surface area (Å²) in [6.45, 7) is 3.54. The Morgan fingerprint density at radius 3 is 2.65 bits per heavy atom. The van der Waals surface area contributed by atoms with Crippen LogP contribution in [0.25, 0.3) is 0 Å². The lowest BCUT2D eigenvalue weighted by Crippen LogP contribution is -2.22. The van der Waals surface area contributed by atoms with Crippen LogP contribution in [-0.4, -0.2) is 32.6 Å². The maximum atomic E-state index is 5.58. The van der Waals surface area contributed by atoms with Gasteiger partial charge in [0, 0.05) is 24.5 Å². The molecule has 1 aromatic carbocycles. The van der Waals surface area contributed by atoms with Gasteiger partial charge in [0.2, 0.25) is 0 Å². The Labute approximate surface area is 106 Å². The first-order valence-electron chi connectivity index (χ1n) is 5.72. The van der Waals surface area contributed by atoms with Crippen molar-refractivity contribution in [3.63, 3.8) is 0 Å². The van der Waals surface area contributed by atoms with Gasteiger partial charge >= 0.3 is 0 Å². The van der Waals surface area contributed by atoms with Gasteiger partial charge < -0.3 is 20.5 Å².